The number of carbonyl (C=O) groups is 7. The van der Waals surface area contributed by atoms with E-state index in [2.05, 4.69) is 57.2 Å². The normalized spacial score (nSPS) is 19.4. The average molecular weight is 1240 g/mol. The number of halogens is 8. The van der Waals surface area contributed by atoms with Crippen LogP contribution in [0.15, 0.2) is 29.8 Å². The van der Waals surface area contributed by atoms with Crippen molar-refractivity contribution < 1.29 is 68.7 Å². The van der Waals surface area contributed by atoms with Gasteiger partial charge < -0.3 is 83.1 Å². The van der Waals surface area contributed by atoms with Crippen LogP contribution < -0.4 is 83.1 Å². The Kier molecular flexibility index (Phi) is 28.5. The van der Waals surface area contributed by atoms with E-state index in [1.165, 1.54) is 20.9 Å². The molecule has 36 heteroatoms. The van der Waals surface area contributed by atoms with E-state index < -0.39 is 169 Å². The van der Waals surface area contributed by atoms with Crippen molar-refractivity contribution in [2.24, 2.45) is 71.8 Å². The van der Waals surface area contributed by atoms with Crippen LogP contribution in [0.3, 0.4) is 0 Å². The third-order valence-electron chi connectivity index (χ3n) is 12.2. The fraction of sp³-hybridized carbons (Fsp3) is 0.521. The molecular weight excluding hydrogens is 1170 g/mol. The first-order chi connectivity index (χ1) is 39.5. The number of likely N-dealkylation sites (N-methyl/N-ethyl adjacent to an activating group) is 1. The topological polar surface area (TPSA) is 461 Å². The minimum absolute atomic E-state index is 0.0154. The third kappa shape index (κ3) is 21.1. The first-order valence-corrected chi connectivity index (χ1v) is 27.7. The van der Waals surface area contributed by atoms with Gasteiger partial charge in [0, 0.05) is 43.6 Å². The zero-order valence-electron chi connectivity index (χ0n) is 45.8. The molecule has 5 rings (SSSR count). The number of thioether (sulfide) groups is 2. The lowest BCUT2D eigenvalue weighted by molar-refractivity contribution is -0.135. The number of aliphatic imine (C=N–C) groups is 4. The van der Waals surface area contributed by atoms with Gasteiger partial charge in [-0.2, -0.15) is 0 Å². The lowest BCUT2D eigenvalue weighted by Gasteiger charge is -2.28. The third-order valence-corrected chi connectivity index (χ3v) is 14.5. The summed E-state index contributed by atoms with van der Waals surface area (Å²) in [5.74, 6) is -30.9. The number of nitrogens with zero attached hydrogens (tertiary/aromatic N) is 4. The Morgan fingerprint density at radius 1 is 0.488 bits per heavy atom. The largest absolute Gasteiger partial charge is 0.370 e. The van der Waals surface area contributed by atoms with Gasteiger partial charge in [0.25, 0.3) is 0 Å². The predicted molar refractivity (Wildman–Crippen MR) is 298 cm³/mol. The van der Waals surface area contributed by atoms with E-state index in [-0.39, 0.29) is 125 Å². The summed E-state index contributed by atoms with van der Waals surface area (Å²) in [7, 11) is 1.17. The number of ketones is 1. The fourth-order valence-corrected chi connectivity index (χ4v) is 9.76. The molecule has 3 aliphatic heterocycles. The lowest BCUT2D eigenvalue weighted by atomic mass is 10.0. The van der Waals surface area contributed by atoms with Crippen LogP contribution in [0.25, 0.3) is 11.1 Å². The first-order valence-electron chi connectivity index (χ1n) is 25.7. The maximum Gasteiger partial charge on any atom is 0.243 e. The summed E-state index contributed by atoms with van der Waals surface area (Å²) in [5.41, 5.74) is 39.4. The van der Waals surface area contributed by atoms with Gasteiger partial charge in [-0.25, -0.2) is 35.1 Å². The van der Waals surface area contributed by atoms with Crippen LogP contribution in [-0.4, -0.2) is 153 Å². The van der Waals surface area contributed by atoms with Crippen molar-refractivity contribution >= 4 is 88.6 Å². The van der Waals surface area contributed by atoms with Gasteiger partial charge in [0.1, 0.15) is 30.2 Å². The number of fused-ring (bicyclic) bond motifs is 2. The van der Waals surface area contributed by atoms with Gasteiger partial charge in [-0.3, -0.25) is 53.5 Å². The fourth-order valence-electron chi connectivity index (χ4n) is 7.67. The highest BCUT2D eigenvalue weighted by molar-refractivity contribution is 7.99. The molecule has 0 aliphatic carbocycles. The van der Waals surface area contributed by atoms with Crippen LogP contribution in [-0.2, 0) is 33.6 Å². The standard InChI is InChI=1S/C48H69F8N19O7S2/c1-19(2)26(76)16-70-39(77)25-18-84-38-35(55)31(51)28(32(52)36(38)56)27-29(49)33(53)37(34(54)30(27)50)83-17-24(65-3)44(82)74-22(10-6-14-68-47(61)62)42(80)72-20(8-4-12-66-45(57)58)40(78)71-21(9-5-13-67-46(59)60)41(79)73-23(43(81)75-25)11-7-15-69-48(63)64/h19-25,65H,4-18H2,1-3H3,(H,70,77)(H,71,78)(H,72,80)(H,73,79)(H,74,82)(H,75,81)(H4,57,58,66)(H4,59,60,67)(H4,61,62,68)(H4,63,64,69). The molecule has 0 radical (unpaired) electrons. The monoisotopic (exact) mass is 1240 g/mol. The lowest BCUT2D eigenvalue weighted by Crippen LogP contribution is -2.60. The van der Waals surface area contributed by atoms with Crippen molar-refractivity contribution in [3.8, 4) is 11.1 Å². The Morgan fingerprint density at radius 3 is 1.08 bits per heavy atom. The summed E-state index contributed by atoms with van der Waals surface area (Å²) in [6.07, 6.45) is -1.39. The Balaban J connectivity index is 2.38. The molecule has 0 fully saturated rings. The number of Topliss-reactive ketones (excluding diaryl/α,β-unsaturated/α-hetero) is 1. The van der Waals surface area contributed by atoms with Gasteiger partial charge in [0.2, 0.25) is 35.4 Å². The average Bonchev–Trinajstić information content (AvgIpc) is 1.22. The molecule has 0 saturated heterocycles. The van der Waals surface area contributed by atoms with Crippen molar-refractivity contribution in [3.63, 3.8) is 0 Å². The van der Waals surface area contributed by atoms with E-state index in [1.54, 1.807) is 0 Å². The molecule has 0 spiro atoms. The van der Waals surface area contributed by atoms with E-state index in [9.17, 15) is 33.6 Å². The van der Waals surface area contributed by atoms with E-state index in [1.807, 2.05) is 0 Å². The number of guanidine groups is 4. The number of hydrogen-bond donors (Lipinski definition) is 15. The van der Waals surface area contributed by atoms with Crippen LogP contribution in [0.1, 0.15) is 65.2 Å². The maximum atomic E-state index is 16.0. The predicted octanol–water partition coefficient (Wildman–Crippen LogP) is -1.77. The van der Waals surface area contributed by atoms with Crippen LogP contribution in [0.5, 0.6) is 0 Å². The summed E-state index contributed by atoms with van der Waals surface area (Å²) >= 11 is -0.231. The van der Waals surface area contributed by atoms with Crippen LogP contribution in [0.4, 0.5) is 35.1 Å². The van der Waals surface area contributed by atoms with Gasteiger partial charge in [0.05, 0.1) is 33.5 Å². The summed E-state index contributed by atoms with van der Waals surface area (Å²) in [6.45, 7) is 1.75. The molecule has 6 atom stereocenters. The maximum absolute atomic E-state index is 16.0. The molecule has 2 aromatic rings. The minimum atomic E-state index is -2.57. The molecule has 3 aliphatic rings. The highest BCUT2D eigenvalue weighted by Gasteiger charge is 2.38. The molecule has 6 amide bonds. The Morgan fingerprint density at radius 2 is 0.786 bits per heavy atom. The summed E-state index contributed by atoms with van der Waals surface area (Å²) < 4.78 is 128. The van der Waals surface area contributed by atoms with Gasteiger partial charge >= 0.3 is 0 Å². The molecule has 6 unspecified atom stereocenters. The molecular formula is C48H69F8N19O7S2. The van der Waals surface area contributed by atoms with E-state index in [0.717, 1.165) is 0 Å². The van der Waals surface area contributed by atoms with Crippen molar-refractivity contribution in [3.05, 3.63) is 46.5 Å². The molecule has 0 saturated carbocycles. The van der Waals surface area contributed by atoms with Crippen LogP contribution >= 0.6 is 23.5 Å². The number of benzene rings is 2. The van der Waals surface area contributed by atoms with Crippen molar-refractivity contribution in [1.82, 2.24) is 37.2 Å². The molecule has 0 aromatic heterocycles. The highest BCUT2D eigenvalue weighted by Crippen LogP contribution is 2.42. The van der Waals surface area contributed by atoms with Gasteiger partial charge in [-0.15, -0.1) is 23.5 Å². The van der Waals surface area contributed by atoms with Crippen molar-refractivity contribution in [2.45, 2.75) is 111 Å². The first kappa shape index (κ1) is 70.4. The molecule has 84 heavy (non-hydrogen) atoms. The van der Waals surface area contributed by atoms with Crippen molar-refractivity contribution in [1.29, 1.82) is 0 Å². The number of carbonyl (C=O) groups excluding carboxylic acids is 7. The SMILES string of the molecule is CNC1CSc2c(F)c(F)c(c(F)c2F)-c2c(F)c(F)c(c(F)c2F)SCC(C(=O)NCC(=O)C(C)C)NC(=O)C(CCCN=C(N)N)NC(=O)C(CCCN=C(N)N)NC(=O)C(CCCN=C(N)N)NC(=O)C(CCCN=C(N)N)NC1=O. The van der Waals surface area contributed by atoms with Crippen LogP contribution in [0, 0.1) is 52.5 Å². The zero-order valence-corrected chi connectivity index (χ0v) is 47.4. The van der Waals surface area contributed by atoms with E-state index >= 15 is 35.1 Å². The van der Waals surface area contributed by atoms with E-state index in [0.29, 0.717) is 0 Å². The second-order valence-corrected chi connectivity index (χ2v) is 20.9. The summed E-state index contributed by atoms with van der Waals surface area (Å²) in [4.78, 5) is 110. The second kappa shape index (κ2) is 34.0. The van der Waals surface area contributed by atoms with Crippen LogP contribution in [0.2, 0.25) is 0 Å². The highest BCUT2D eigenvalue weighted by atomic mass is 32.2. The molecule has 4 bridgehead atoms. The Bertz CT molecular complexity index is 2780. The Hall–Kier alpha value is -7.89. The molecule has 26 nitrogen and oxygen atoms in total. The molecule has 2 aromatic carbocycles. The van der Waals surface area contributed by atoms with E-state index in [4.69, 9.17) is 45.9 Å². The van der Waals surface area contributed by atoms with Crippen molar-refractivity contribution in [2.75, 3.05) is 51.3 Å². The van der Waals surface area contributed by atoms with Gasteiger partial charge in [-0.05, 0) is 58.4 Å². The second-order valence-electron chi connectivity index (χ2n) is 18.8. The quantitative estimate of drug-likeness (QED) is 0.0216. The molecule has 3 heterocycles. The number of hydrogen-bond acceptors (Lipinski definition) is 14. The Labute approximate surface area is 484 Å². The number of amides is 6. The van der Waals surface area contributed by atoms with Gasteiger partial charge in [-0.1, -0.05) is 13.8 Å². The zero-order chi connectivity index (χ0) is 63.1. The van der Waals surface area contributed by atoms with Gasteiger partial charge in [0.15, 0.2) is 76.2 Å². The smallest absolute Gasteiger partial charge is 0.243 e. The number of rotatable bonds is 21. The minimum Gasteiger partial charge on any atom is -0.370 e. The summed E-state index contributed by atoms with van der Waals surface area (Å²) in [5, 5.41) is 16.9. The number of nitrogens with two attached hydrogens (primary N) is 8. The number of nitrogens with one attached hydrogen (secondary N) is 7. The summed E-state index contributed by atoms with van der Waals surface area (Å²) in [6, 6.07) is -10.2. The molecule has 466 valence electrons. The molecule has 23 N–H and O–H groups in total.